The minimum absolute atomic E-state index is 0.238. The molecule has 4 nitrogen and oxygen atoms in total. The summed E-state index contributed by atoms with van der Waals surface area (Å²) >= 11 is 0. The van der Waals surface area contributed by atoms with Gasteiger partial charge in [-0.25, -0.2) is 4.98 Å². The zero-order valence-electron chi connectivity index (χ0n) is 11.2. The van der Waals surface area contributed by atoms with Gasteiger partial charge >= 0.3 is 0 Å². The van der Waals surface area contributed by atoms with Gasteiger partial charge in [0.15, 0.2) is 0 Å². The van der Waals surface area contributed by atoms with E-state index in [9.17, 15) is 0 Å². The van der Waals surface area contributed by atoms with E-state index < -0.39 is 0 Å². The van der Waals surface area contributed by atoms with Crippen molar-refractivity contribution in [3.05, 3.63) is 23.9 Å². The number of aromatic nitrogens is 1. The lowest BCUT2D eigenvalue weighted by Crippen LogP contribution is -2.19. The van der Waals surface area contributed by atoms with Crippen molar-refractivity contribution in [1.82, 2.24) is 10.3 Å². The summed E-state index contributed by atoms with van der Waals surface area (Å²) in [6.45, 7) is 6.66. The Morgan fingerprint density at radius 1 is 1.61 bits per heavy atom. The average Bonchev–Trinajstić information content (AvgIpc) is 2.90. The van der Waals surface area contributed by atoms with Crippen molar-refractivity contribution in [2.45, 2.75) is 38.8 Å². The van der Waals surface area contributed by atoms with E-state index in [1.165, 1.54) is 5.56 Å². The van der Waals surface area contributed by atoms with Crippen molar-refractivity contribution >= 4 is 0 Å². The molecule has 0 bridgehead atoms. The molecule has 1 aliphatic heterocycles. The van der Waals surface area contributed by atoms with E-state index in [-0.39, 0.29) is 6.10 Å². The standard InChI is InChI=1S/C14H22N2O2/c1-3-15-11(2)12-6-7-16-14(9-12)18-10-13-5-4-8-17-13/h6-7,9,11,13,15H,3-5,8,10H2,1-2H3. The molecule has 0 amide bonds. The molecular weight excluding hydrogens is 228 g/mol. The quantitative estimate of drug-likeness (QED) is 0.841. The molecule has 100 valence electrons. The largest absolute Gasteiger partial charge is 0.475 e. The Morgan fingerprint density at radius 2 is 2.50 bits per heavy atom. The van der Waals surface area contributed by atoms with E-state index in [0.717, 1.165) is 26.0 Å². The first-order valence-electron chi connectivity index (χ1n) is 6.73. The lowest BCUT2D eigenvalue weighted by atomic mass is 10.1. The number of nitrogens with zero attached hydrogens (tertiary/aromatic N) is 1. The van der Waals surface area contributed by atoms with Crippen LogP contribution in [0.1, 0.15) is 38.3 Å². The minimum atomic E-state index is 0.238. The number of hydrogen-bond acceptors (Lipinski definition) is 4. The molecule has 1 fully saturated rings. The van der Waals surface area contributed by atoms with Gasteiger partial charge in [-0.05, 0) is 37.9 Å². The molecular formula is C14H22N2O2. The summed E-state index contributed by atoms with van der Waals surface area (Å²) in [7, 11) is 0. The molecule has 1 aromatic heterocycles. The predicted octanol–water partition coefficient (Wildman–Crippen LogP) is 2.31. The van der Waals surface area contributed by atoms with Gasteiger partial charge in [-0.3, -0.25) is 0 Å². The molecule has 18 heavy (non-hydrogen) atoms. The van der Waals surface area contributed by atoms with Gasteiger partial charge in [0.2, 0.25) is 5.88 Å². The minimum Gasteiger partial charge on any atom is -0.475 e. The Labute approximate surface area is 109 Å². The Morgan fingerprint density at radius 3 is 3.22 bits per heavy atom. The molecule has 0 aromatic carbocycles. The SMILES string of the molecule is CCNC(C)c1ccnc(OCC2CCCO2)c1. The van der Waals surface area contributed by atoms with E-state index in [2.05, 4.69) is 24.1 Å². The fourth-order valence-electron chi connectivity index (χ4n) is 2.15. The normalized spacial score (nSPS) is 20.9. The van der Waals surface area contributed by atoms with Crippen LogP contribution in [0.3, 0.4) is 0 Å². The zero-order chi connectivity index (χ0) is 12.8. The zero-order valence-corrected chi connectivity index (χ0v) is 11.2. The summed E-state index contributed by atoms with van der Waals surface area (Å²) < 4.78 is 11.2. The molecule has 2 rings (SSSR count). The van der Waals surface area contributed by atoms with E-state index in [0.29, 0.717) is 18.5 Å². The maximum Gasteiger partial charge on any atom is 0.213 e. The molecule has 4 heteroatoms. The average molecular weight is 250 g/mol. The predicted molar refractivity (Wildman–Crippen MR) is 70.8 cm³/mol. The Hall–Kier alpha value is -1.13. The highest BCUT2D eigenvalue weighted by Gasteiger charge is 2.16. The third-order valence-corrected chi connectivity index (χ3v) is 3.21. The van der Waals surface area contributed by atoms with Crippen LogP contribution < -0.4 is 10.1 Å². The fourth-order valence-corrected chi connectivity index (χ4v) is 2.15. The first kappa shape index (κ1) is 13.3. The Kier molecular flexibility index (Phi) is 4.96. The van der Waals surface area contributed by atoms with Crippen molar-refractivity contribution in [1.29, 1.82) is 0 Å². The first-order chi connectivity index (χ1) is 8.79. The first-order valence-corrected chi connectivity index (χ1v) is 6.73. The second-order valence-electron chi connectivity index (χ2n) is 4.65. The Balaban J connectivity index is 1.89. The lowest BCUT2D eigenvalue weighted by Gasteiger charge is -2.14. The van der Waals surface area contributed by atoms with Gasteiger partial charge in [0, 0.05) is 24.9 Å². The van der Waals surface area contributed by atoms with E-state index in [4.69, 9.17) is 9.47 Å². The van der Waals surface area contributed by atoms with Crippen molar-refractivity contribution in [2.75, 3.05) is 19.8 Å². The number of pyridine rings is 1. The summed E-state index contributed by atoms with van der Waals surface area (Å²) in [6.07, 6.45) is 4.27. The topological polar surface area (TPSA) is 43.4 Å². The van der Waals surface area contributed by atoms with Gasteiger partial charge in [-0.2, -0.15) is 0 Å². The van der Waals surface area contributed by atoms with E-state index >= 15 is 0 Å². The van der Waals surface area contributed by atoms with Gasteiger partial charge in [0.1, 0.15) is 6.61 Å². The molecule has 1 aliphatic rings. The highest BCUT2D eigenvalue weighted by Crippen LogP contribution is 2.18. The molecule has 0 aliphatic carbocycles. The van der Waals surface area contributed by atoms with Crippen LogP contribution in [0.4, 0.5) is 0 Å². The number of rotatable bonds is 6. The summed E-state index contributed by atoms with van der Waals surface area (Å²) in [5.74, 6) is 0.688. The third-order valence-electron chi connectivity index (χ3n) is 3.21. The summed E-state index contributed by atoms with van der Waals surface area (Å²) in [5.41, 5.74) is 1.20. The molecule has 0 radical (unpaired) electrons. The smallest absolute Gasteiger partial charge is 0.213 e. The maximum atomic E-state index is 5.69. The second kappa shape index (κ2) is 6.71. The lowest BCUT2D eigenvalue weighted by molar-refractivity contribution is 0.0663. The summed E-state index contributed by atoms with van der Waals surface area (Å²) in [4.78, 5) is 4.24. The van der Waals surface area contributed by atoms with Crippen molar-refractivity contribution < 1.29 is 9.47 Å². The van der Waals surface area contributed by atoms with Crippen molar-refractivity contribution in [3.8, 4) is 5.88 Å². The second-order valence-corrected chi connectivity index (χ2v) is 4.65. The van der Waals surface area contributed by atoms with Crippen molar-refractivity contribution in [3.63, 3.8) is 0 Å². The monoisotopic (exact) mass is 250 g/mol. The summed E-state index contributed by atoms with van der Waals surface area (Å²) in [6, 6.07) is 4.34. The van der Waals surface area contributed by atoms with Crippen LogP contribution in [0.25, 0.3) is 0 Å². The highest BCUT2D eigenvalue weighted by atomic mass is 16.5. The molecule has 1 saturated heterocycles. The molecule has 2 unspecified atom stereocenters. The van der Waals surface area contributed by atoms with Crippen LogP contribution in [0.5, 0.6) is 5.88 Å². The van der Waals surface area contributed by atoms with Gasteiger partial charge < -0.3 is 14.8 Å². The number of ether oxygens (including phenoxy) is 2. The number of hydrogen-bond donors (Lipinski definition) is 1. The molecule has 0 saturated carbocycles. The molecule has 2 atom stereocenters. The van der Waals surface area contributed by atoms with Crippen LogP contribution in [0, 0.1) is 0 Å². The van der Waals surface area contributed by atoms with Gasteiger partial charge in [-0.15, -0.1) is 0 Å². The molecule has 1 N–H and O–H groups in total. The molecule has 0 spiro atoms. The molecule has 1 aromatic rings. The van der Waals surface area contributed by atoms with Gasteiger partial charge in [0.05, 0.1) is 6.10 Å². The van der Waals surface area contributed by atoms with Gasteiger partial charge in [0.25, 0.3) is 0 Å². The van der Waals surface area contributed by atoms with E-state index in [1.807, 2.05) is 12.1 Å². The Bertz CT molecular complexity index is 365. The van der Waals surface area contributed by atoms with Gasteiger partial charge in [-0.1, -0.05) is 6.92 Å². The van der Waals surface area contributed by atoms with Crippen LogP contribution in [-0.2, 0) is 4.74 Å². The maximum absolute atomic E-state index is 5.69. The van der Waals surface area contributed by atoms with Crippen LogP contribution in [-0.4, -0.2) is 30.8 Å². The van der Waals surface area contributed by atoms with Crippen molar-refractivity contribution in [2.24, 2.45) is 0 Å². The third kappa shape index (κ3) is 3.68. The summed E-state index contributed by atoms with van der Waals surface area (Å²) in [5, 5.41) is 3.38. The van der Waals surface area contributed by atoms with Crippen LogP contribution in [0.2, 0.25) is 0 Å². The fraction of sp³-hybridized carbons (Fsp3) is 0.643. The number of nitrogens with one attached hydrogen (secondary N) is 1. The van der Waals surface area contributed by atoms with E-state index in [1.54, 1.807) is 6.20 Å². The van der Waals surface area contributed by atoms with Crippen LogP contribution >= 0.6 is 0 Å². The highest BCUT2D eigenvalue weighted by molar-refractivity contribution is 5.23. The van der Waals surface area contributed by atoms with Crippen LogP contribution in [0.15, 0.2) is 18.3 Å². The molecule has 2 heterocycles.